The standard InChI is InChI=1S/C19H18Cl2N4O/c1-12-7-8-17(13(2)9-12)22-19(26)23-18-16(21)11-25(24-18)10-14-5-3-4-6-15(14)20/h3-9,11H,10H2,1-2H3,(H2,22,23,24,26). The van der Waals surface area contributed by atoms with E-state index in [1.54, 1.807) is 10.9 Å². The number of halogens is 2. The Morgan fingerprint density at radius 2 is 1.85 bits per heavy atom. The fourth-order valence-electron chi connectivity index (χ4n) is 2.58. The minimum atomic E-state index is -0.401. The third-order valence-corrected chi connectivity index (χ3v) is 4.51. The number of urea groups is 1. The molecule has 3 rings (SSSR count). The first-order valence-corrected chi connectivity index (χ1v) is 8.79. The van der Waals surface area contributed by atoms with Gasteiger partial charge in [-0.3, -0.25) is 10.00 Å². The zero-order valence-corrected chi connectivity index (χ0v) is 15.9. The molecule has 0 aliphatic rings. The van der Waals surface area contributed by atoms with Crippen LogP contribution >= 0.6 is 23.2 Å². The van der Waals surface area contributed by atoms with Gasteiger partial charge in [0.2, 0.25) is 0 Å². The molecule has 2 N–H and O–H groups in total. The smallest absolute Gasteiger partial charge is 0.307 e. The number of anilines is 2. The van der Waals surface area contributed by atoms with Gasteiger partial charge in [0.05, 0.1) is 6.54 Å². The van der Waals surface area contributed by atoms with Gasteiger partial charge in [0.1, 0.15) is 5.02 Å². The lowest BCUT2D eigenvalue weighted by Crippen LogP contribution is -2.20. The Bertz CT molecular complexity index is 952. The number of nitrogens with zero attached hydrogens (tertiary/aromatic N) is 2. The van der Waals surface area contributed by atoms with Gasteiger partial charge in [-0.2, -0.15) is 5.10 Å². The van der Waals surface area contributed by atoms with Crippen molar-refractivity contribution in [3.63, 3.8) is 0 Å². The molecule has 2 aromatic carbocycles. The first-order valence-electron chi connectivity index (χ1n) is 8.04. The van der Waals surface area contributed by atoms with Crippen LogP contribution in [0.25, 0.3) is 0 Å². The largest absolute Gasteiger partial charge is 0.324 e. The van der Waals surface area contributed by atoms with Crippen molar-refractivity contribution in [2.24, 2.45) is 0 Å². The molecule has 0 bridgehead atoms. The molecule has 0 spiro atoms. The van der Waals surface area contributed by atoms with Gasteiger partial charge in [-0.25, -0.2) is 4.79 Å². The van der Waals surface area contributed by atoms with Gasteiger partial charge in [-0.05, 0) is 37.1 Å². The summed E-state index contributed by atoms with van der Waals surface area (Å²) in [4.78, 5) is 12.2. The lowest BCUT2D eigenvalue weighted by Gasteiger charge is -2.09. The van der Waals surface area contributed by atoms with E-state index in [0.717, 1.165) is 22.4 Å². The van der Waals surface area contributed by atoms with E-state index < -0.39 is 6.03 Å². The Hall–Kier alpha value is -2.50. The molecule has 0 radical (unpaired) electrons. The highest BCUT2D eigenvalue weighted by atomic mass is 35.5. The summed E-state index contributed by atoms with van der Waals surface area (Å²) in [6, 6.07) is 12.9. The van der Waals surface area contributed by atoms with Crippen LogP contribution in [-0.4, -0.2) is 15.8 Å². The lowest BCUT2D eigenvalue weighted by molar-refractivity contribution is 0.262. The van der Waals surface area contributed by atoms with Crippen molar-refractivity contribution in [3.05, 3.63) is 75.4 Å². The Morgan fingerprint density at radius 3 is 2.58 bits per heavy atom. The van der Waals surface area contributed by atoms with Crippen LogP contribution in [0.1, 0.15) is 16.7 Å². The van der Waals surface area contributed by atoms with E-state index in [2.05, 4.69) is 15.7 Å². The molecule has 0 aliphatic heterocycles. The minimum Gasteiger partial charge on any atom is -0.307 e. The number of carbonyl (C=O) groups excluding carboxylic acids is 1. The van der Waals surface area contributed by atoms with Crippen LogP contribution in [0.4, 0.5) is 16.3 Å². The van der Waals surface area contributed by atoms with E-state index in [4.69, 9.17) is 23.2 Å². The Kier molecular flexibility index (Phi) is 5.49. The normalized spacial score (nSPS) is 10.6. The molecule has 1 heterocycles. The van der Waals surface area contributed by atoms with Gasteiger partial charge >= 0.3 is 6.03 Å². The second-order valence-corrected chi connectivity index (χ2v) is 6.83. The fourth-order valence-corrected chi connectivity index (χ4v) is 2.97. The molecule has 0 saturated carbocycles. The van der Waals surface area contributed by atoms with Crippen LogP contribution in [0.5, 0.6) is 0 Å². The minimum absolute atomic E-state index is 0.293. The van der Waals surface area contributed by atoms with Crippen molar-refractivity contribution in [1.82, 2.24) is 9.78 Å². The average molecular weight is 389 g/mol. The van der Waals surface area contributed by atoms with E-state index in [-0.39, 0.29) is 0 Å². The summed E-state index contributed by atoms with van der Waals surface area (Å²) in [5.74, 6) is 0.293. The molecule has 0 atom stereocenters. The SMILES string of the molecule is Cc1ccc(NC(=O)Nc2nn(Cc3ccccc3Cl)cc2Cl)c(C)c1. The number of aromatic nitrogens is 2. The quantitative estimate of drug-likeness (QED) is 0.619. The average Bonchev–Trinajstić information content (AvgIpc) is 2.92. The topological polar surface area (TPSA) is 59.0 Å². The molecule has 134 valence electrons. The molecular weight excluding hydrogens is 371 g/mol. The van der Waals surface area contributed by atoms with Gasteiger partial charge in [0, 0.05) is 16.9 Å². The molecule has 1 aromatic heterocycles. The second kappa shape index (κ2) is 7.81. The van der Waals surface area contributed by atoms with E-state index in [1.165, 1.54) is 0 Å². The predicted molar refractivity (Wildman–Crippen MR) is 106 cm³/mol. The number of aryl methyl sites for hydroxylation is 2. The van der Waals surface area contributed by atoms with Crippen LogP contribution in [0, 0.1) is 13.8 Å². The Labute approximate surface area is 161 Å². The number of carbonyl (C=O) groups is 1. The summed E-state index contributed by atoms with van der Waals surface area (Å²) in [5, 5.41) is 10.8. The molecule has 5 nitrogen and oxygen atoms in total. The Morgan fingerprint density at radius 1 is 1.08 bits per heavy atom. The second-order valence-electron chi connectivity index (χ2n) is 6.01. The maximum Gasteiger partial charge on any atom is 0.324 e. The van der Waals surface area contributed by atoms with E-state index in [0.29, 0.717) is 22.4 Å². The number of amides is 2. The highest BCUT2D eigenvalue weighted by Gasteiger charge is 2.12. The third kappa shape index (κ3) is 4.36. The summed E-state index contributed by atoms with van der Waals surface area (Å²) >= 11 is 12.4. The van der Waals surface area contributed by atoms with Crippen molar-refractivity contribution >= 4 is 40.7 Å². The van der Waals surface area contributed by atoms with Gasteiger partial charge in [-0.15, -0.1) is 0 Å². The highest BCUT2D eigenvalue weighted by molar-refractivity contribution is 6.33. The summed E-state index contributed by atoms with van der Waals surface area (Å²) in [6.45, 7) is 4.40. The van der Waals surface area contributed by atoms with Crippen LogP contribution in [-0.2, 0) is 6.54 Å². The summed E-state index contributed by atoms with van der Waals surface area (Å²) < 4.78 is 1.64. The number of rotatable bonds is 4. The maximum absolute atomic E-state index is 12.2. The van der Waals surface area contributed by atoms with Gasteiger partial charge in [0.25, 0.3) is 0 Å². The summed E-state index contributed by atoms with van der Waals surface area (Å²) in [6.07, 6.45) is 1.65. The molecule has 26 heavy (non-hydrogen) atoms. The fraction of sp³-hybridized carbons (Fsp3) is 0.158. The molecular formula is C19H18Cl2N4O. The third-order valence-electron chi connectivity index (χ3n) is 3.87. The zero-order chi connectivity index (χ0) is 18.7. The van der Waals surface area contributed by atoms with Crippen LogP contribution in [0.2, 0.25) is 10.0 Å². The number of benzene rings is 2. The first kappa shape index (κ1) is 18.3. The highest BCUT2D eigenvalue weighted by Crippen LogP contribution is 2.23. The van der Waals surface area contributed by atoms with Crippen molar-refractivity contribution in [2.75, 3.05) is 10.6 Å². The van der Waals surface area contributed by atoms with Crippen molar-refractivity contribution < 1.29 is 4.79 Å². The number of nitrogens with one attached hydrogen (secondary N) is 2. The molecule has 2 amide bonds. The Balaban J connectivity index is 1.69. The van der Waals surface area contributed by atoms with Gasteiger partial charge in [0.15, 0.2) is 5.82 Å². The molecule has 0 saturated heterocycles. The van der Waals surface area contributed by atoms with Crippen molar-refractivity contribution in [3.8, 4) is 0 Å². The summed E-state index contributed by atoms with van der Waals surface area (Å²) in [7, 11) is 0. The van der Waals surface area contributed by atoms with Crippen LogP contribution in [0.15, 0.2) is 48.7 Å². The molecule has 3 aromatic rings. The van der Waals surface area contributed by atoms with Gasteiger partial charge < -0.3 is 5.32 Å². The lowest BCUT2D eigenvalue weighted by atomic mass is 10.1. The van der Waals surface area contributed by atoms with E-state index in [9.17, 15) is 4.79 Å². The predicted octanol–water partition coefficient (Wildman–Crippen LogP) is 5.50. The number of hydrogen-bond acceptors (Lipinski definition) is 2. The van der Waals surface area contributed by atoms with Gasteiger partial charge in [-0.1, -0.05) is 59.1 Å². The zero-order valence-electron chi connectivity index (χ0n) is 14.4. The molecule has 0 fully saturated rings. The number of hydrogen-bond donors (Lipinski definition) is 2. The maximum atomic E-state index is 12.2. The van der Waals surface area contributed by atoms with Crippen LogP contribution in [0.3, 0.4) is 0 Å². The van der Waals surface area contributed by atoms with E-state index in [1.807, 2.05) is 56.3 Å². The first-order chi connectivity index (χ1) is 12.4. The summed E-state index contributed by atoms with van der Waals surface area (Å²) in [5.41, 5.74) is 3.77. The van der Waals surface area contributed by atoms with E-state index >= 15 is 0 Å². The van der Waals surface area contributed by atoms with Crippen LogP contribution < -0.4 is 10.6 Å². The molecule has 0 aliphatic carbocycles. The molecule has 7 heteroatoms. The van der Waals surface area contributed by atoms with Crippen molar-refractivity contribution in [1.29, 1.82) is 0 Å². The van der Waals surface area contributed by atoms with Crippen molar-refractivity contribution in [2.45, 2.75) is 20.4 Å². The molecule has 0 unspecified atom stereocenters. The monoisotopic (exact) mass is 388 g/mol.